The fraction of sp³-hybridized carbons (Fsp3) is 0. The van der Waals surface area contributed by atoms with Gasteiger partial charge in [0.15, 0.2) is 0 Å². The van der Waals surface area contributed by atoms with Crippen molar-refractivity contribution in [3.8, 4) is 44.5 Å². The Morgan fingerprint density at radius 2 is 0.707 bits per heavy atom. The summed E-state index contributed by atoms with van der Waals surface area (Å²) in [4.78, 5) is 2.55. The minimum absolute atomic E-state index is 1.10. The van der Waals surface area contributed by atoms with E-state index in [2.05, 4.69) is 229 Å². The molecule has 0 amide bonds. The largest absolute Gasteiger partial charge is 0.309 e. The van der Waals surface area contributed by atoms with Crippen LogP contribution < -0.4 is 4.90 Å². The van der Waals surface area contributed by atoms with Gasteiger partial charge in [0.05, 0.1) is 11.4 Å². The van der Waals surface area contributed by atoms with Gasteiger partial charge in [-0.2, -0.15) is 0 Å². The van der Waals surface area contributed by atoms with Gasteiger partial charge >= 0.3 is 0 Å². The van der Waals surface area contributed by atoms with Gasteiger partial charge in [0.2, 0.25) is 0 Å². The molecule has 0 saturated heterocycles. The van der Waals surface area contributed by atoms with Crippen LogP contribution in [-0.4, -0.2) is 0 Å². The van der Waals surface area contributed by atoms with Gasteiger partial charge < -0.3 is 4.90 Å². The van der Waals surface area contributed by atoms with Crippen molar-refractivity contribution in [2.75, 3.05) is 4.90 Å². The molecule has 0 aliphatic carbocycles. The average Bonchev–Trinajstić information content (AvgIpc) is 3.69. The molecule has 0 aliphatic heterocycles. The molecule has 0 atom stereocenters. The van der Waals surface area contributed by atoms with Gasteiger partial charge in [0, 0.05) is 42.4 Å². The van der Waals surface area contributed by atoms with Gasteiger partial charge in [-0.15, -0.1) is 11.3 Å². The number of hydrogen-bond acceptors (Lipinski definition) is 2. The van der Waals surface area contributed by atoms with Gasteiger partial charge in [-0.3, -0.25) is 0 Å². The summed E-state index contributed by atoms with van der Waals surface area (Å²) in [5.74, 6) is 0. The monoisotopic (exact) mass is 755 g/mol. The van der Waals surface area contributed by atoms with Crippen molar-refractivity contribution in [3.05, 3.63) is 224 Å². The second-order valence-corrected chi connectivity index (χ2v) is 15.9. The fourth-order valence-corrected chi connectivity index (χ4v) is 9.93. The Hall–Kier alpha value is -7.26. The number of fused-ring (bicyclic) bond motifs is 6. The van der Waals surface area contributed by atoms with Gasteiger partial charge in [-0.1, -0.05) is 194 Å². The highest BCUT2D eigenvalue weighted by Crippen LogP contribution is 2.53. The molecule has 0 saturated carbocycles. The maximum Gasteiger partial charge on any atom is 0.0625 e. The predicted octanol–water partition coefficient (Wildman–Crippen LogP) is 16.5. The topological polar surface area (TPSA) is 3.24 Å². The third-order valence-corrected chi connectivity index (χ3v) is 12.6. The first-order chi connectivity index (χ1) is 28.8. The van der Waals surface area contributed by atoms with Crippen molar-refractivity contribution >= 4 is 70.1 Å². The van der Waals surface area contributed by atoms with Crippen molar-refractivity contribution in [1.29, 1.82) is 0 Å². The summed E-state index contributed by atoms with van der Waals surface area (Å²) in [7, 11) is 0. The summed E-state index contributed by atoms with van der Waals surface area (Å²) in [6.07, 6.45) is 0. The van der Waals surface area contributed by atoms with Crippen molar-refractivity contribution in [2.45, 2.75) is 0 Å². The molecule has 58 heavy (non-hydrogen) atoms. The van der Waals surface area contributed by atoms with Crippen LogP contribution in [0.5, 0.6) is 0 Å². The van der Waals surface area contributed by atoms with Crippen LogP contribution in [0.15, 0.2) is 224 Å². The smallest absolute Gasteiger partial charge is 0.0625 e. The summed E-state index contributed by atoms with van der Waals surface area (Å²) in [5, 5.41) is 7.46. The summed E-state index contributed by atoms with van der Waals surface area (Å²) in [6.45, 7) is 0. The average molecular weight is 756 g/mol. The molecule has 0 radical (unpaired) electrons. The quantitative estimate of drug-likeness (QED) is 0.146. The number of thiophene rings is 1. The molecular weight excluding hydrogens is 719 g/mol. The van der Waals surface area contributed by atoms with E-state index in [0.717, 1.165) is 17.1 Å². The lowest BCUT2D eigenvalue weighted by atomic mass is 9.89. The van der Waals surface area contributed by atoms with Crippen LogP contribution in [0.2, 0.25) is 0 Å². The predicted molar refractivity (Wildman–Crippen MR) is 251 cm³/mol. The SMILES string of the molecule is c1ccc(-c2ccc(-c3c(N(c4ccc(-c5ccccc5)cc4)c4c(-c5ccccc5)c5ccccc5c5ccccc45)ccc4sc5ccccc5c34)cc2)cc1. The minimum Gasteiger partial charge on any atom is -0.309 e. The molecule has 0 bridgehead atoms. The summed E-state index contributed by atoms with van der Waals surface area (Å²) in [6, 6.07) is 82.1. The summed E-state index contributed by atoms with van der Waals surface area (Å²) < 4.78 is 2.56. The Balaban J connectivity index is 1.27. The van der Waals surface area contributed by atoms with E-state index >= 15 is 0 Å². The van der Waals surface area contributed by atoms with Crippen molar-refractivity contribution in [3.63, 3.8) is 0 Å². The zero-order valence-corrected chi connectivity index (χ0v) is 32.5. The number of rotatable bonds is 7. The Morgan fingerprint density at radius 1 is 0.276 bits per heavy atom. The Labute approximate surface area is 342 Å². The highest BCUT2D eigenvalue weighted by molar-refractivity contribution is 7.26. The molecule has 272 valence electrons. The first-order valence-electron chi connectivity index (χ1n) is 19.8. The van der Waals surface area contributed by atoms with Crippen LogP contribution in [0, 0.1) is 0 Å². The molecule has 11 rings (SSSR count). The van der Waals surface area contributed by atoms with E-state index < -0.39 is 0 Å². The van der Waals surface area contributed by atoms with Crippen LogP contribution in [0.4, 0.5) is 17.1 Å². The second-order valence-electron chi connectivity index (χ2n) is 14.8. The van der Waals surface area contributed by atoms with Gasteiger partial charge in [-0.05, 0) is 79.9 Å². The molecule has 10 aromatic carbocycles. The van der Waals surface area contributed by atoms with Crippen LogP contribution in [0.3, 0.4) is 0 Å². The molecule has 0 aliphatic rings. The fourth-order valence-electron chi connectivity index (χ4n) is 8.82. The molecule has 0 spiro atoms. The third kappa shape index (κ3) is 5.77. The second kappa shape index (κ2) is 14.4. The first-order valence-corrected chi connectivity index (χ1v) is 20.7. The molecule has 0 unspecified atom stereocenters. The van der Waals surface area contributed by atoms with Crippen molar-refractivity contribution in [2.24, 2.45) is 0 Å². The normalized spacial score (nSPS) is 11.4. The van der Waals surface area contributed by atoms with E-state index in [0.29, 0.717) is 0 Å². The van der Waals surface area contributed by atoms with Gasteiger partial charge in [0.25, 0.3) is 0 Å². The minimum atomic E-state index is 1.10. The third-order valence-electron chi connectivity index (χ3n) is 11.5. The van der Waals surface area contributed by atoms with Gasteiger partial charge in [0.1, 0.15) is 0 Å². The lowest BCUT2D eigenvalue weighted by Gasteiger charge is -2.32. The van der Waals surface area contributed by atoms with Crippen LogP contribution >= 0.6 is 11.3 Å². The van der Waals surface area contributed by atoms with E-state index in [1.165, 1.54) is 86.2 Å². The lowest BCUT2D eigenvalue weighted by molar-refractivity contribution is 1.31. The van der Waals surface area contributed by atoms with E-state index in [1.54, 1.807) is 0 Å². The van der Waals surface area contributed by atoms with E-state index in [9.17, 15) is 0 Å². The van der Waals surface area contributed by atoms with Crippen LogP contribution in [0.1, 0.15) is 0 Å². The highest BCUT2D eigenvalue weighted by Gasteiger charge is 2.27. The molecule has 11 aromatic rings. The lowest BCUT2D eigenvalue weighted by Crippen LogP contribution is -2.13. The Kier molecular flexibility index (Phi) is 8.42. The standard InChI is InChI=1S/C56H37NS/c1-4-16-38(17-5-1)40-28-30-43(31-29-40)54-50(36-37-52-55(54)49-26-14-15-27-51(49)58-52)57(44-34-32-41(33-35-44)39-18-6-2-7-19-39)56-48-25-13-11-23-46(48)45-22-10-12-24-47(45)53(56)42-20-8-3-9-21-42/h1-37H. The number of anilines is 3. The molecule has 0 N–H and O–H groups in total. The molecule has 1 nitrogen and oxygen atoms in total. The summed E-state index contributed by atoms with van der Waals surface area (Å²) in [5.41, 5.74) is 13.0. The summed E-state index contributed by atoms with van der Waals surface area (Å²) >= 11 is 1.87. The van der Waals surface area contributed by atoms with E-state index in [-0.39, 0.29) is 0 Å². The maximum atomic E-state index is 2.55. The van der Waals surface area contributed by atoms with Crippen molar-refractivity contribution < 1.29 is 0 Å². The molecule has 1 aromatic heterocycles. The number of nitrogens with zero attached hydrogens (tertiary/aromatic N) is 1. The number of benzene rings is 10. The van der Waals surface area contributed by atoms with E-state index in [4.69, 9.17) is 0 Å². The zero-order chi connectivity index (χ0) is 38.4. The zero-order valence-electron chi connectivity index (χ0n) is 31.7. The molecular formula is C56H37NS. The maximum absolute atomic E-state index is 2.55. The van der Waals surface area contributed by atoms with E-state index in [1.807, 2.05) is 11.3 Å². The van der Waals surface area contributed by atoms with Crippen LogP contribution in [-0.2, 0) is 0 Å². The Morgan fingerprint density at radius 3 is 1.33 bits per heavy atom. The van der Waals surface area contributed by atoms with Gasteiger partial charge in [-0.25, -0.2) is 0 Å². The van der Waals surface area contributed by atoms with Crippen molar-refractivity contribution in [1.82, 2.24) is 0 Å². The Bertz CT molecular complexity index is 3240. The van der Waals surface area contributed by atoms with Crippen LogP contribution in [0.25, 0.3) is 86.2 Å². The highest BCUT2D eigenvalue weighted by atomic mass is 32.1. The first kappa shape index (κ1) is 34.0. The molecule has 1 heterocycles. The number of hydrogen-bond donors (Lipinski definition) is 0. The molecule has 0 fully saturated rings. The molecule has 2 heteroatoms.